The third-order valence-electron chi connectivity index (χ3n) is 6.75. The van der Waals surface area contributed by atoms with Crippen molar-refractivity contribution in [2.45, 2.75) is 97.1 Å². The van der Waals surface area contributed by atoms with Gasteiger partial charge in [0, 0.05) is 18.3 Å². The summed E-state index contributed by atoms with van der Waals surface area (Å²) in [6.07, 6.45) is 5.66. The SMILES string of the molecule is CC(C)c1cccc(C(C)C)c1NC(=O)CN1CC2(CCCCC2)N(C(C)C)C1=O. The number of rotatable bonds is 6. The van der Waals surface area contributed by atoms with Crippen LogP contribution in [0.2, 0.25) is 0 Å². The first-order valence-corrected chi connectivity index (χ1v) is 11.7. The van der Waals surface area contributed by atoms with E-state index in [9.17, 15) is 9.59 Å². The van der Waals surface area contributed by atoms with E-state index in [1.807, 2.05) is 0 Å². The molecule has 1 N–H and O–H groups in total. The number of nitrogens with zero attached hydrogens (tertiary/aromatic N) is 2. The Labute approximate surface area is 182 Å². The summed E-state index contributed by atoms with van der Waals surface area (Å²) in [5.74, 6) is 0.527. The number of carbonyl (C=O) groups excluding carboxylic acids is 2. The van der Waals surface area contributed by atoms with Crippen molar-refractivity contribution in [1.29, 1.82) is 0 Å². The standard InChI is InChI=1S/C25H39N3O2/c1-17(2)20-11-10-12-21(18(3)4)23(20)26-22(29)15-27-16-25(13-8-7-9-14-25)28(19(5)6)24(27)30/h10-12,17-19H,7-9,13-16H2,1-6H3,(H,26,29). The maximum atomic E-state index is 13.2. The largest absolute Gasteiger partial charge is 0.324 e. The predicted molar refractivity (Wildman–Crippen MR) is 123 cm³/mol. The number of nitrogens with one attached hydrogen (secondary N) is 1. The van der Waals surface area contributed by atoms with Crippen LogP contribution in [0.1, 0.15) is 96.6 Å². The molecule has 1 heterocycles. The maximum Gasteiger partial charge on any atom is 0.321 e. The van der Waals surface area contributed by atoms with Gasteiger partial charge in [-0.2, -0.15) is 0 Å². The second-order valence-corrected chi connectivity index (χ2v) is 10.1. The number of anilines is 1. The average molecular weight is 414 g/mol. The first-order valence-electron chi connectivity index (χ1n) is 11.7. The highest BCUT2D eigenvalue weighted by Crippen LogP contribution is 2.40. The summed E-state index contributed by atoms with van der Waals surface area (Å²) in [5.41, 5.74) is 3.12. The van der Waals surface area contributed by atoms with Crippen LogP contribution in [0.25, 0.3) is 0 Å². The fourth-order valence-electron chi connectivity index (χ4n) is 5.40. The molecule has 0 aromatic heterocycles. The van der Waals surface area contributed by atoms with Crippen LogP contribution in [-0.4, -0.2) is 46.4 Å². The Morgan fingerprint density at radius 2 is 1.57 bits per heavy atom. The molecule has 0 atom stereocenters. The van der Waals surface area contributed by atoms with Gasteiger partial charge >= 0.3 is 6.03 Å². The summed E-state index contributed by atoms with van der Waals surface area (Å²) in [6.45, 7) is 13.5. The van der Waals surface area contributed by atoms with Gasteiger partial charge in [-0.15, -0.1) is 0 Å². The zero-order valence-electron chi connectivity index (χ0n) is 19.6. The molecule has 0 radical (unpaired) electrons. The Morgan fingerprint density at radius 1 is 1.00 bits per heavy atom. The minimum absolute atomic E-state index is 0.0169. The summed E-state index contributed by atoms with van der Waals surface area (Å²) >= 11 is 0. The summed E-state index contributed by atoms with van der Waals surface area (Å²) in [6, 6.07) is 6.41. The van der Waals surface area contributed by atoms with Crippen LogP contribution < -0.4 is 5.32 Å². The molecule has 0 unspecified atom stereocenters. The molecule has 5 nitrogen and oxygen atoms in total. The lowest BCUT2D eigenvalue weighted by molar-refractivity contribution is -0.116. The Hall–Kier alpha value is -2.04. The average Bonchev–Trinajstić information content (AvgIpc) is 2.92. The molecule has 166 valence electrons. The van der Waals surface area contributed by atoms with Gasteiger partial charge in [-0.05, 0) is 49.7 Å². The summed E-state index contributed by atoms with van der Waals surface area (Å²) in [7, 11) is 0. The monoisotopic (exact) mass is 413 g/mol. The number of hydrogen-bond donors (Lipinski definition) is 1. The van der Waals surface area contributed by atoms with Gasteiger partial charge in [0.1, 0.15) is 6.54 Å². The van der Waals surface area contributed by atoms with E-state index in [1.54, 1.807) is 4.90 Å². The van der Waals surface area contributed by atoms with Crippen LogP contribution in [0, 0.1) is 0 Å². The molecule has 1 spiro atoms. The first kappa shape index (κ1) is 22.6. The van der Waals surface area contributed by atoms with E-state index in [2.05, 4.69) is 70.0 Å². The van der Waals surface area contributed by atoms with E-state index in [0.29, 0.717) is 18.4 Å². The summed E-state index contributed by atoms with van der Waals surface area (Å²) in [5, 5.41) is 3.17. The summed E-state index contributed by atoms with van der Waals surface area (Å²) in [4.78, 5) is 30.1. The van der Waals surface area contributed by atoms with Gasteiger partial charge in [-0.25, -0.2) is 4.79 Å². The van der Waals surface area contributed by atoms with Crippen molar-refractivity contribution in [3.63, 3.8) is 0 Å². The van der Waals surface area contributed by atoms with Crippen molar-refractivity contribution in [3.05, 3.63) is 29.3 Å². The van der Waals surface area contributed by atoms with Crippen molar-refractivity contribution in [2.75, 3.05) is 18.4 Å². The van der Waals surface area contributed by atoms with Crippen LogP contribution in [0.4, 0.5) is 10.5 Å². The van der Waals surface area contributed by atoms with E-state index < -0.39 is 0 Å². The van der Waals surface area contributed by atoms with Crippen molar-refractivity contribution in [3.8, 4) is 0 Å². The predicted octanol–water partition coefficient (Wildman–Crippen LogP) is 5.72. The Balaban J connectivity index is 1.79. The Morgan fingerprint density at radius 3 is 2.07 bits per heavy atom. The number of urea groups is 1. The molecule has 3 rings (SSSR count). The normalized spacial score (nSPS) is 18.9. The molecule has 1 saturated carbocycles. The van der Waals surface area contributed by atoms with Crippen LogP contribution in [0.3, 0.4) is 0 Å². The molecule has 2 fully saturated rings. The molecule has 2 aliphatic rings. The van der Waals surface area contributed by atoms with E-state index in [-0.39, 0.29) is 30.1 Å². The Kier molecular flexibility index (Phi) is 6.78. The van der Waals surface area contributed by atoms with E-state index >= 15 is 0 Å². The minimum atomic E-state index is -0.102. The molecule has 30 heavy (non-hydrogen) atoms. The molecule has 3 amide bonds. The van der Waals surface area contributed by atoms with Gasteiger partial charge in [0.25, 0.3) is 0 Å². The lowest BCUT2D eigenvalue weighted by Crippen LogP contribution is -2.51. The van der Waals surface area contributed by atoms with Crippen molar-refractivity contribution in [1.82, 2.24) is 9.80 Å². The van der Waals surface area contributed by atoms with Gasteiger partial charge in [-0.3, -0.25) is 4.79 Å². The third-order valence-corrected chi connectivity index (χ3v) is 6.75. The molecular formula is C25H39N3O2. The van der Waals surface area contributed by atoms with Crippen molar-refractivity contribution in [2.24, 2.45) is 0 Å². The molecule has 1 aromatic carbocycles. The van der Waals surface area contributed by atoms with Crippen LogP contribution >= 0.6 is 0 Å². The van der Waals surface area contributed by atoms with E-state index in [0.717, 1.165) is 42.5 Å². The van der Waals surface area contributed by atoms with Gasteiger partial charge in [0.2, 0.25) is 5.91 Å². The van der Waals surface area contributed by atoms with Crippen molar-refractivity contribution < 1.29 is 9.59 Å². The van der Waals surface area contributed by atoms with Gasteiger partial charge in [0.05, 0.1) is 5.54 Å². The van der Waals surface area contributed by atoms with Crippen molar-refractivity contribution >= 4 is 17.6 Å². The third kappa shape index (κ3) is 4.35. The van der Waals surface area contributed by atoms with Crippen LogP contribution in [-0.2, 0) is 4.79 Å². The van der Waals surface area contributed by atoms with E-state index in [4.69, 9.17) is 0 Å². The maximum absolute atomic E-state index is 13.2. The van der Waals surface area contributed by atoms with Gasteiger partial charge < -0.3 is 15.1 Å². The zero-order chi connectivity index (χ0) is 22.1. The summed E-state index contributed by atoms with van der Waals surface area (Å²) < 4.78 is 0. The fraction of sp³-hybridized carbons (Fsp3) is 0.680. The number of benzene rings is 1. The first-order chi connectivity index (χ1) is 14.2. The second-order valence-electron chi connectivity index (χ2n) is 10.1. The van der Waals surface area contributed by atoms with Gasteiger partial charge in [0.15, 0.2) is 0 Å². The minimum Gasteiger partial charge on any atom is -0.324 e. The van der Waals surface area contributed by atoms with E-state index in [1.165, 1.54) is 6.42 Å². The molecule has 1 aliphatic heterocycles. The molecule has 0 bridgehead atoms. The highest BCUT2D eigenvalue weighted by atomic mass is 16.2. The zero-order valence-corrected chi connectivity index (χ0v) is 19.6. The molecule has 1 aliphatic carbocycles. The Bertz CT molecular complexity index is 752. The van der Waals surface area contributed by atoms with Gasteiger partial charge in [-0.1, -0.05) is 65.2 Å². The van der Waals surface area contributed by atoms with Crippen LogP contribution in [0.5, 0.6) is 0 Å². The number of carbonyl (C=O) groups is 2. The number of para-hydroxylation sites is 1. The molecule has 1 saturated heterocycles. The lowest BCUT2D eigenvalue weighted by atomic mass is 9.80. The highest BCUT2D eigenvalue weighted by molar-refractivity contribution is 5.96. The molecule has 5 heteroatoms. The highest BCUT2D eigenvalue weighted by Gasteiger charge is 2.50. The number of hydrogen-bond acceptors (Lipinski definition) is 2. The quantitative estimate of drug-likeness (QED) is 0.648. The fourth-order valence-corrected chi connectivity index (χ4v) is 5.40. The topological polar surface area (TPSA) is 52.7 Å². The molecule has 1 aromatic rings. The second kappa shape index (κ2) is 8.99. The number of amides is 3. The lowest BCUT2D eigenvalue weighted by Gasteiger charge is -2.42. The molecular weight excluding hydrogens is 374 g/mol. The van der Waals surface area contributed by atoms with Crippen LogP contribution in [0.15, 0.2) is 18.2 Å². The smallest absolute Gasteiger partial charge is 0.321 e.